The molecule has 2 aromatic carbocycles. The van der Waals surface area contributed by atoms with E-state index in [1.54, 1.807) is 6.20 Å². The zero-order chi connectivity index (χ0) is 25.0. The molecule has 3 aromatic rings. The van der Waals surface area contributed by atoms with Gasteiger partial charge in [0.05, 0.1) is 0 Å². The Bertz CT molecular complexity index is 1180. The molecule has 1 aliphatic carbocycles. The summed E-state index contributed by atoms with van der Waals surface area (Å²) in [7, 11) is 0. The van der Waals surface area contributed by atoms with E-state index in [9.17, 15) is 9.59 Å². The van der Waals surface area contributed by atoms with Gasteiger partial charge >= 0.3 is 12.1 Å². The molecule has 0 bridgehead atoms. The number of nitrogens with one attached hydrogen (secondary N) is 1. The molecule has 0 unspecified atom stereocenters. The lowest BCUT2D eigenvalue weighted by Crippen LogP contribution is -2.23. The van der Waals surface area contributed by atoms with Crippen LogP contribution in [0.2, 0.25) is 0 Å². The van der Waals surface area contributed by atoms with Gasteiger partial charge in [-0.3, -0.25) is 10.1 Å². The number of rotatable bonds is 7. The third-order valence-corrected chi connectivity index (χ3v) is 5.91. The first-order valence-corrected chi connectivity index (χ1v) is 12.0. The number of benzene rings is 2. The molecule has 6 heteroatoms. The van der Waals surface area contributed by atoms with E-state index in [0.717, 1.165) is 22.3 Å². The van der Waals surface area contributed by atoms with Gasteiger partial charge in [0.25, 0.3) is 0 Å². The van der Waals surface area contributed by atoms with Crippen molar-refractivity contribution in [2.45, 2.75) is 58.5 Å². The van der Waals surface area contributed by atoms with E-state index in [1.165, 1.54) is 11.1 Å². The number of carbonyl (C=O) groups is 2. The largest absolute Gasteiger partial charge is 0.460 e. The van der Waals surface area contributed by atoms with Crippen molar-refractivity contribution < 1.29 is 19.1 Å². The van der Waals surface area contributed by atoms with Crippen molar-refractivity contribution in [3.8, 4) is 11.1 Å². The van der Waals surface area contributed by atoms with E-state index in [2.05, 4.69) is 34.6 Å². The maximum atomic E-state index is 12.7. The van der Waals surface area contributed by atoms with Crippen LogP contribution in [0.4, 0.5) is 10.6 Å². The van der Waals surface area contributed by atoms with Crippen LogP contribution in [0, 0.1) is 6.92 Å². The second-order valence-corrected chi connectivity index (χ2v) is 9.91. The van der Waals surface area contributed by atoms with Gasteiger partial charge in [0, 0.05) is 18.5 Å². The summed E-state index contributed by atoms with van der Waals surface area (Å²) < 4.78 is 11.0. The van der Waals surface area contributed by atoms with E-state index in [0.29, 0.717) is 25.1 Å². The summed E-state index contributed by atoms with van der Waals surface area (Å²) in [5.41, 5.74) is 6.04. The lowest BCUT2D eigenvalue weighted by atomic mass is 9.98. The molecule has 1 amide bonds. The highest BCUT2D eigenvalue weighted by atomic mass is 16.6. The molecule has 0 radical (unpaired) electrons. The molecule has 6 nitrogen and oxygen atoms in total. The minimum absolute atomic E-state index is 0.00701. The average Bonchev–Trinajstić information content (AvgIpc) is 3.12. The van der Waals surface area contributed by atoms with Crippen LogP contribution in [0.15, 0.2) is 60.8 Å². The molecular formula is C29H32N2O4. The van der Waals surface area contributed by atoms with E-state index in [4.69, 9.17) is 9.47 Å². The van der Waals surface area contributed by atoms with E-state index >= 15 is 0 Å². The van der Waals surface area contributed by atoms with Crippen LogP contribution in [0.1, 0.15) is 61.8 Å². The second-order valence-electron chi connectivity index (χ2n) is 9.91. The normalized spacial score (nSPS) is 12.6. The maximum Gasteiger partial charge on any atom is 0.412 e. The molecular weight excluding hydrogens is 440 g/mol. The standard InChI is InChI=1S/C29H32N2O4/c1-19-16-20(10-9-15-26(32)35-29(2,3)4)27(30-17-19)31-28(33)34-18-25-23-13-7-5-11-21(23)22-12-6-8-14-24(22)25/h5-8,11-14,16-17,25H,9-10,15,18H2,1-4H3,(H,30,31,33). The summed E-state index contributed by atoms with van der Waals surface area (Å²) >= 11 is 0. The van der Waals surface area contributed by atoms with Crippen molar-refractivity contribution in [3.05, 3.63) is 83.0 Å². The Morgan fingerprint density at radius 3 is 2.26 bits per heavy atom. The first-order chi connectivity index (χ1) is 16.7. The van der Waals surface area contributed by atoms with Crippen LogP contribution in [-0.2, 0) is 20.7 Å². The van der Waals surface area contributed by atoms with Gasteiger partial charge in [-0.25, -0.2) is 9.78 Å². The van der Waals surface area contributed by atoms with Gasteiger partial charge in [-0.15, -0.1) is 0 Å². The van der Waals surface area contributed by atoms with Gasteiger partial charge in [-0.05, 0) is 73.9 Å². The highest BCUT2D eigenvalue weighted by molar-refractivity contribution is 5.85. The number of esters is 1. The smallest absolute Gasteiger partial charge is 0.412 e. The Hall–Kier alpha value is -3.67. The summed E-state index contributed by atoms with van der Waals surface area (Å²) in [6.07, 6.45) is 2.65. The minimum atomic E-state index is -0.545. The van der Waals surface area contributed by atoms with Crippen LogP contribution in [0.25, 0.3) is 11.1 Å². The van der Waals surface area contributed by atoms with Crippen LogP contribution in [0.5, 0.6) is 0 Å². The number of nitrogens with zero attached hydrogens (tertiary/aromatic N) is 1. The molecule has 1 N–H and O–H groups in total. The van der Waals surface area contributed by atoms with Gasteiger partial charge in [0.1, 0.15) is 18.0 Å². The predicted octanol–water partition coefficient (Wildman–Crippen LogP) is 6.42. The van der Waals surface area contributed by atoms with Gasteiger partial charge in [-0.1, -0.05) is 54.6 Å². The van der Waals surface area contributed by atoms with E-state index in [-0.39, 0.29) is 18.5 Å². The zero-order valence-electron chi connectivity index (χ0n) is 20.8. The number of ether oxygens (including phenoxy) is 2. The molecule has 0 fully saturated rings. The lowest BCUT2D eigenvalue weighted by Gasteiger charge is -2.19. The van der Waals surface area contributed by atoms with Gasteiger partial charge < -0.3 is 9.47 Å². The van der Waals surface area contributed by atoms with Crippen LogP contribution < -0.4 is 5.32 Å². The summed E-state index contributed by atoms with van der Waals surface area (Å²) in [6.45, 7) is 7.74. The summed E-state index contributed by atoms with van der Waals surface area (Å²) in [6, 6.07) is 18.4. The lowest BCUT2D eigenvalue weighted by molar-refractivity contribution is -0.154. The average molecular weight is 473 g/mol. The first kappa shape index (κ1) is 24.5. The number of carbonyl (C=O) groups excluding carboxylic acids is 2. The Balaban J connectivity index is 1.38. The number of aromatic nitrogens is 1. The zero-order valence-corrected chi connectivity index (χ0v) is 20.8. The quantitative estimate of drug-likeness (QED) is 0.402. The monoisotopic (exact) mass is 472 g/mol. The van der Waals surface area contributed by atoms with E-state index in [1.807, 2.05) is 58.0 Å². The Morgan fingerprint density at radius 2 is 1.63 bits per heavy atom. The third kappa shape index (κ3) is 6.07. The summed E-state index contributed by atoms with van der Waals surface area (Å²) in [5, 5.41) is 2.80. The van der Waals surface area contributed by atoms with Gasteiger partial charge in [0.15, 0.2) is 0 Å². The highest BCUT2D eigenvalue weighted by Gasteiger charge is 2.29. The SMILES string of the molecule is Cc1cnc(NC(=O)OCC2c3ccccc3-c3ccccc32)c(CCCC(=O)OC(C)(C)C)c1. The number of hydrogen-bond acceptors (Lipinski definition) is 5. The first-order valence-electron chi connectivity index (χ1n) is 12.0. The Kier molecular flexibility index (Phi) is 7.20. The fourth-order valence-electron chi connectivity index (χ4n) is 4.48. The molecule has 1 heterocycles. The molecule has 0 aliphatic heterocycles. The molecule has 0 spiro atoms. The van der Waals surface area contributed by atoms with Crippen molar-refractivity contribution in [3.63, 3.8) is 0 Å². The molecule has 35 heavy (non-hydrogen) atoms. The minimum Gasteiger partial charge on any atom is -0.460 e. The highest BCUT2D eigenvalue weighted by Crippen LogP contribution is 2.44. The molecule has 0 saturated carbocycles. The van der Waals surface area contributed by atoms with Crippen LogP contribution in [0.3, 0.4) is 0 Å². The number of pyridine rings is 1. The molecule has 1 aromatic heterocycles. The summed E-state index contributed by atoms with van der Waals surface area (Å²) in [5.74, 6) is 0.216. The molecule has 182 valence electrons. The molecule has 1 aliphatic rings. The van der Waals surface area contributed by atoms with Crippen molar-refractivity contribution in [2.24, 2.45) is 0 Å². The van der Waals surface area contributed by atoms with Crippen molar-refractivity contribution >= 4 is 17.9 Å². The number of aryl methyl sites for hydroxylation is 2. The number of fused-ring (bicyclic) bond motifs is 3. The van der Waals surface area contributed by atoms with Crippen molar-refractivity contribution in [1.82, 2.24) is 4.98 Å². The molecule has 0 atom stereocenters. The maximum absolute atomic E-state index is 12.7. The molecule has 0 saturated heterocycles. The second kappa shape index (κ2) is 10.3. The fraction of sp³-hybridized carbons (Fsp3) is 0.345. The number of anilines is 1. The Labute approximate surface area is 206 Å². The molecule has 4 rings (SSSR count). The third-order valence-electron chi connectivity index (χ3n) is 5.91. The van der Waals surface area contributed by atoms with Gasteiger partial charge in [0.2, 0.25) is 0 Å². The topological polar surface area (TPSA) is 77.5 Å². The Morgan fingerprint density at radius 1 is 1.00 bits per heavy atom. The van der Waals surface area contributed by atoms with Gasteiger partial charge in [-0.2, -0.15) is 0 Å². The summed E-state index contributed by atoms with van der Waals surface area (Å²) in [4.78, 5) is 29.2. The van der Waals surface area contributed by atoms with Crippen LogP contribution >= 0.6 is 0 Å². The fourth-order valence-corrected chi connectivity index (χ4v) is 4.48. The van der Waals surface area contributed by atoms with Crippen LogP contribution in [-0.4, -0.2) is 29.3 Å². The van der Waals surface area contributed by atoms with Crippen molar-refractivity contribution in [2.75, 3.05) is 11.9 Å². The van der Waals surface area contributed by atoms with E-state index < -0.39 is 11.7 Å². The van der Waals surface area contributed by atoms with Crippen molar-refractivity contribution in [1.29, 1.82) is 0 Å². The number of hydrogen-bond donors (Lipinski definition) is 1. The number of amides is 1. The predicted molar refractivity (Wildman–Crippen MR) is 136 cm³/mol.